The Morgan fingerprint density at radius 3 is 2.44 bits per heavy atom. The van der Waals surface area contributed by atoms with Gasteiger partial charge in [0.15, 0.2) is 10.6 Å². The number of rotatable bonds is 6. The van der Waals surface area contributed by atoms with Gasteiger partial charge in [0.25, 0.3) is 0 Å². The number of hydrogen-bond donors (Lipinski definition) is 3. The number of primary amides is 1. The summed E-state index contributed by atoms with van der Waals surface area (Å²) in [6.07, 6.45) is 0. The number of nitrogens with zero attached hydrogens (tertiary/aromatic N) is 2. The van der Waals surface area contributed by atoms with Crippen molar-refractivity contribution in [3.05, 3.63) is 58.9 Å². The number of H-pyrrole nitrogens is 1. The molecule has 0 saturated heterocycles. The summed E-state index contributed by atoms with van der Waals surface area (Å²) >= 11 is 5.24. The SMILES string of the molecule is COc1ccc(-c2n[nH]c(=S)n2CC(=O)Nc2ccc(C(N)=O)cc2)cc1. The summed E-state index contributed by atoms with van der Waals surface area (Å²) in [4.78, 5) is 23.5. The molecule has 2 aromatic carbocycles. The highest BCUT2D eigenvalue weighted by Gasteiger charge is 2.13. The summed E-state index contributed by atoms with van der Waals surface area (Å²) in [5.41, 5.74) is 6.91. The quantitative estimate of drug-likeness (QED) is 0.565. The van der Waals surface area contributed by atoms with Crippen molar-refractivity contribution < 1.29 is 14.3 Å². The average Bonchev–Trinajstić information content (AvgIpc) is 3.02. The van der Waals surface area contributed by atoms with E-state index in [1.165, 1.54) is 0 Å². The van der Waals surface area contributed by atoms with Gasteiger partial charge in [0.05, 0.1) is 7.11 Å². The van der Waals surface area contributed by atoms with E-state index in [0.717, 1.165) is 11.3 Å². The Morgan fingerprint density at radius 1 is 1.19 bits per heavy atom. The molecule has 0 atom stereocenters. The first kappa shape index (κ1) is 18.3. The minimum absolute atomic E-state index is 0.0196. The van der Waals surface area contributed by atoms with Crippen LogP contribution in [0.4, 0.5) is 5.69 Å². The molecule has 8 nitrogen and oxygen atoms in total. The number of nitrogens with two attached hydrogens (primary N) is 1. The minimum atomic E-state index is -0.526. The third-order valence-electron chi connectivity index (χ3n) is 3.86. The Kier molecular flexibility index (Phi) is 5.32. The van der Waals surface area contributed by atoms with Crippen LogP contribution in [0.25, 0.3) is 11.4 Å². The fourth-order valence-electron chi connectivity index (χ4n) is 2.49. The molecule has 1 aromatic heterocycles. The first-order valence-electron chi connectivity index (χ1n) is 7.97. The number of carbonyl (C=O) groups excluding carboxylic acids is 2. The highest BCUT2D eigenvalue weighted by Crippen LogP contribution is 2.21. The molecule has 138 valence electrons. The third-order valence-corrected chi connectivity index (χ3v) is 4.17. The van der Waals surface area contributed by atoms with Gasteiger partial charge in [-0.1, -0.05) is 0 Å². The number of aromatic nitrogens is 3. The van der Waals surface area contributed by atoms with Crippen LogP contribution in [0.5, 0.6) is 5.75 Å². The molecule has 3 rings (SSSR count). The molecule has 3 aromatic rings. The monoisotopic (exact) mass is 383 g/mol. The lowest BCUT2D eigenvalue weighted by atomic mass is 10.2. The highest BCUT2D eigenvalue weighted by atomic mass is 32.1. The number of carbonyl (C=O) groups is 2. The van der Waals surface area contributed by atoms with Gasteiger partial charge in [0.2, 0.25) is 11.8 Å². The molecule has 0 aliphatic carbocycles. The maximum Gasteiger partial charge on any atom is 0.248 e. The second-order valence-electron chi connectivity index (χ2n) is 5.66. The van der Waals surface area contributed by atoms with Crippen molar-refractivity contribution >= 4 is 29.7 Å². The van der Waals surface area contributed by atoms with Crippen LogP contribution < -0.4 is 15.8 Å². The molecule has 9 heteroatoms. The van der Waals surface area contributed by atoms with Crippen LogP contribution in [0.1, 0.15) is 10.4 Å². The van der Waals surface area contributed by atoms with Crippen LogP contribution in [0.15, 0.2) is 48.5 Å². The predicted octanol–water partition coefficient (Wildman–Crippen LogP) is 2.35. The number of anilines is 1. The largest absolute Gasteiger partial charge is 0.497 e. The van der Waals surface area contributed by atoms with Crippen molar-refractivity contribution in [1.82, 2.24) is 14.8 Å². The lowest BCUT2D eigenvalue weighted by Gasteiger charge is -2.09. The number of aromatic amines is 1. The van der Waals surface area contributed by atoms with E-state index in [2.05, 4.69) is 15.5 Å². The summed E-state index contributed by atoms with van der Waals surface area (Å²) in [5, 5.41) is 9.66. The average molecular weight is 383 g/mol. The second-order valence-corrected chi connectivity index (χ2v) is 6.04. The topological polar surface area (TPSA) is 115 Å². The molecule has 0 aliphatic heterocycles. The van der Waals surface area contributed by atoms with Crippen molar-refractivity contribution in [1.29, 1.82) is 0 Å². The molecule has 0 bridgehead atoms. The molecule has 0 unspecified atom stereocenters. The lowest BCUT2D eigenvalue weighted by Crippen LogP contribution is -2.19. The zero-order valence-electron chi connectivity index (χ0n) is 14.4. The van der Waals surface area contributed by atoms with E-state index in [0.29, 0.717) is 21.8 Å². The number of methoxy groups -OCH3 is 1. The van der Waals surface area contributed by atoms with Crippen molar-refractivity contribution in [2.45, 2.75) is 6.54 Å². The first-order chi connectivity index (χ1) is 13.0. The summed E-state index contributed by atoms with van der Waals surface area (Å²) in [7, 11) is 1.59. The van der Waals surface area contributed by atoms with Gasteiger partial charge in [0, 0.05) is 16.8 Å². The highest BCUT2D eigenvalue weighted by molar-refractivity contribution is 7.71. The Hall–Kier alpha value is -3.46. The van der Waals surface area contributed by atoms with Gasteiger partial charge < -0.3 is 15.8 Å². The number of amides is 2. The first-order valence-corrected chi connectivity index (χ1v) is 8.38. The van der Waals surface area contributed by atoms with Gasteiger partial charge in [-0.2, -0.15) is 5.10 Å². The Labute approximate surface area is 160 Å². The van der Waals surface area contributed by atoms with Crippen LogP contribution in [0.3, 0.4) is 0 Å². The van der Waals surface area contributed by atoms with Gasteiger partial charge in [-0.05, 0) is 60.7 Å². The van der Waals surface area contributed by atoms with Crippen LogP contribution in [-0.2, 0) is 11.3 Å². The number of ether oxygens (including phenoxy) is 1. The molecule has 0 saturated carbocycles. The van der Waals surface area contributed by atoms with Gasteiger partial charge >= 0.3 is 0 Å². The van der Waals surface area contributed by atoms with Crippen LogP contribution in [0, 0.1) is 4.77 Å². The van der Waals surface area contributed by atoms with Crippen molar-refractivity contribution in [3.63, 3.8) is 0 Å². The van der Waals surface area contributed by atoms with Gasteiger partial charge in [-0.15, -0.1) is 0 Å². The maximum atomic E-state index is 12.4. The lowest BCUT2D eigenvalue weighted by molar-refractivity contribution is -0.116. The van der Waals surface area contributed by atoms with Crippen molar-refractivity contribution in [2.75, 3.05) is 12.4 Å². The van der Waals surface area contributed by atoms with Gasteiger partial charge in [-0.25, -0.2) is 0 Å². The molecular formula is C18H17N5O3S. The van der Waals surface area contributed by atoms with Crippen molar-refractivity contribution in [3.8, 4) is 17.1 Å². The Balaban J connectivity index is 1.77. The molecular weight excluding hydrogens is 366 g/mol. The molecule has 0 radical (unpaired) electrons. The fraction of sp³-hybridized carbons (Fsp3) is 0.111. The number of nitrogens with one attached hydrogen (secondary N) is 2. The van der Waals surface area contributed by atoms with E-state index in [1.807, 2.05) is 12.1 Å². The Bertz CT molecular complexity index is 1020. The van der Waals surface area contributed by atoms with E-state index in [-0.39, 0.29) is 12.5 Å². The van der Waals surface area contributed by atoms with Gasteiger partial charge in [0.1, 0.15) is 12.3 Å². The van der Waals surface area contributed by atoms with E-state index in [4.69, 9.17) is 22.7 Å². The zero-order valence-corrected chi connectivity index (χ0v) is 15.2. The van der Waals surface area contributed by atoms with E-state index >= 15 is 0 Å². The molecule has 27 heavy (non-hydrogen) atoms. The molecule has 0 spiro atoms. The summed E-state index contributed by atoms with van der Waals surface area (Å²) in [6.45, 7) is -0.0196. The van der Waals surface area contributed by atoms with E-state index in [9.17, 15) is 9.59 Å². The third kappa shape index (κ3) is 4.21. The Morgan fingerprint density at radius 2 is 1.85 bits per heavy atom. The number of hydrogen-bond acceptors (Lipinski definition) is 5. The molecule has 0 fully saturated rings. The minimum Gasteiger partial charge on any atom is -0.497 e. The van der Waals surface area contributed by atoms with E-state index in [1.54, 1.807) is 48.1 Å². The normalized spacial score (nSPS) is 10.4. The van der Waals surface area contributed by atoms with Crippen LogP contribution in [-0.4, -0.2) is 33.7 Å². The predicted molar refractivity (Wildman–Crippen MR) is 103 cm³/mol. The van der Waals surface area contributed by atoms with Gasteiger partial charge in [-0.3, -0.25) is 19.3 Å². The number of benzene rings is 2. The van der Waals surface area contributed by atoms with E-state index < -0.39 is 5.91 Å². The fourth-order valence-corrected chi connectivity index (χ4v) is 2.68. The molecule has 0 aliphatic rings. The van der Waals surface area contributed by atoms with Crippen molar-refractivity contribution in [2.24, 2.45) is 5.73 Å². The summed E-state index contributed by atoms with van der Waals surface area (Å²) in [6, 6.07) is 13.6. The standard InChI is InChI=1S/C18H17N5O3S/c1-26-14-8-4-12(5-9-14)17-21-22-18(27)23(17)10-15(24)20-13-6-2-11(3-7-13)16(19)25/h2-9H,10H2,1H3,(H2,19,25)(H,20,24)(H,22,27). The zero-order chi connectivity index (χ0) is 19.4. The van der Waals surface area contributed by atoms with Crippen LogP contribution in [0.2, 0.25) is 0 Å². The smallest absolute Gasteiger partial charge is 0.248 e. The maximum absolute atomic E-state index is 12.4. The molecule has 2 amide bonds. The molecule has 4 N–H and O–H groups in total. The summed E-state index contributed by atoms with van der Waals surface area (Å²) < 4.78 is 7.08. The second kappa shape index (κ2) is 7.83. The molecule has 1 heterocycles. The van der Waals surface area contributed by atoms with Crippen LogP contribution >= 0.6 is 12.2 Å². The summed E-state index contributed by atoms with van der Waals surface area (Å²) in [5.74, 6) is 0.453.